The Kier molecular flexibility index (Phi) is 6.49. The van der Waals surface area contributed by atoms with Gasteiger partial charge in [-0.25, -0.2) is 9.48 Å². The van der Waals surface area contributed by atoms with Gasteiger partial charge in [-0.05, 0) is 26.2 Å². The van der Waals surface area contributed by atoms with Crippen molar-refractivity contribution < 1.29 is 14.3 Å². The van der Waals surface area contributed by atoms with Crippen LogP contribution in [0.3, 0.4) is 0 Å². The van der Waals surface area contributed by atoms with E-state index in [0.29, 0.717) is 38.0 Å². The highest BCUT2D eigenvalue weighted by Crippen LogP contribution is 2.07. The van der Waals surface area contributed by atoms with Gasteiger partial charge in [0.05, 0.1) is 12.3 Å². The van der Waals surface area contributed by atoms with E-state index < -0.39 is 5.97 Å². The first-order valence-corrected chi connectivity index (χ1v) is 6.71. The summed E-state index contributed by atoms with van der Waals surface area (Å²) >= 11 is 0. The summed E-state index contributed by atoms with van der Waals surface area (Å²) in [5, 5.41) is 7.86. The van der Waals surface area contributed by atoms with Gasteiger partial charge in [0.1, 0.15) is 0 Å². The minimum Gasteiger partial charge on any atom is -0.461 e. The number of hydrogen-bond acceptors (Lipinski definition) is 5. The lowest BCUT2D eigenvalue weighted by atomic mass is 10.2. The van der Waals surface area contributed by atoms with Crippen molar-refractivity contribution in [3.05, 3.63) is 11.4 Å². The molecule has 0 saturated heterocycles. The van der Waals surface area contributed by atoms with Crippen LogP contribution in [0.2, 0.25) is 0 Å². The van der Waals surface area contributed by atoms with Crippen molar-refractivity contribution in [2.24, 2.45) is 5.92 Å². The fraction of sp³-hybridized carbons (Fsp3) is 0.769. The van der Waals surface area contributed by atoms with Gasteiger partial charge >= 0.3 is 5.97 Å². The third kappa shape index (κ3) is 4.98. The van der Waals surface area contributed by atoms with Gasteiger partial charge < -0.3 is 9.47 Å². The first kappa shape index (κ1) is 15.6. The Morgan fingerprint density at radius 1 is 1.42 bits per heavy atom. The number of carbonyl (C=O) groups is 1. The second kappa shape index (κ2) is 7.89. The Hall–Kier alpha value is -1.43. The van der Waals surface area contributed by atoms with E-state index in [1.807, 2.05) is 27.7 Å². The number of aromatic nitrogens is 3. The molecule has 6 heteroatoms. The molecule has 1 rings (SSSR count). The van der Waals surface area contributed by atoms with Gasteiger partial charge in [0, 0.05) is 19.8 Å². The lowest BCUT2D eigenvalue weighted by molar-refractivity contribution is 0.0451. The minimum atomic E-state index is -0.401. The molecule has 0 amide bonds. The molecule has 0 aliphatic rings. The molecule has 0 bridgehead atoms. The van der Waals surface area contributed by atoms with Gasteiger partial charge in [-0.1, -0.05) is 19.1 Å². The Morgan fingerprint density at radius 2 is 2.16 bits per heavy atom. The molecule has 1 heterocycles. The van der Waals surface area contributed by atoms with E-state index in [1.165, 1.54) is 0 Å². The second-order valence-electron chi connectivity index (χ2n) is 4.79. The second-order valence-corrected chi connectivity index (χ2v) is 4.79. The molecule has 0 aromatic carbocycles. The third-order valence-electron chi connectivity index (χ3n) is 2.59. The minimum absolute atomic E-state index is 0.303. The van der Waals surface area contributed by atoms with Gasteiger partial charge in [-0.3, -0.25) is 0 Å². The number of ether oxygens (including phenoxy) is 2. The lowest BCUT2D eigenvalue weighted by Crippen LogP contribution is -2.12. The van der Waals surface area contributed by atoms with Crippen LogP contribution in [-0.4, -0.2) is 40.8 Å². The SMILES string of the molecule is CCOCCCn1nnc(C(=O)OCC(C)C)c1C. The molecule has 0 spiro atoms. The van der Waals surface area contributed by atoms with Crippen molar-refractivity contribution in [1.82, 2.24) is 15.0 Å². The van der Waals surface area contributed by atoms with E-state index in [9.17, 15) is 4.79 Å². The smallest absolute Gasteiger partial charge is 0.360 e. The first-order chi connectivity index (χ1) is 9.06. The van der Waals surface area contributed by atoms with E-state index in [4.69, 9.17) is 9.47 Å². The Morgan fingerprint density at radius 3 is 2.79 bits per heavy atom. The summed E-state index contributed by atoms with van der Waals surface area (Å²) in [5.41, 5.74) is 1.04. The molecule has 0 fully saturated rings. The molecule has 0 unspecified atom stereocenters. The zero-order chi connectivity index (χ0) is 14.3. The van der Waals surface area contributed by atoms with E-state index >= 15 is 0 Å². The predicted octanol–water partition coefficient (Wildman–Crippen LogP) is 1.83. The summed E-state index contributed by atoms with van der Waals surface area (Å²) in [4.78, 5) is 11.8. The zero-order valence-corrected chi connectivity index (χ0v) is 12.2. The molecule has 0 saturated carbocycles. The average Bonchev–Trinajstić information content (AvgIpc) is 2.73. The highest BCUT2D eigenvalue weighted by atomic mass is 16.5. The van der Waals surface area contributed by atoms with Crippen molar-refractivity contribution in [3.63, 3.8) is 0 Å². The zero-order valence-electron chi connectivity index (χ0n) is 12.2. The highest BCUT2D eigenvalue weighted by Gasteiger charge is 2.17. The standard InChI is InChI=1S/C13H23N3O3/c1-5-18-8-6-7-16-11(4)12(14-15-16)13(17)19-9-10(2)3/h10H,5-9H2,1-4H3. The molecule has 6 nitrogen and oxygen atoms in total. The summed E-state index contributed by atoms with van der Waals surface area (Å²) in [7, 11) is 0. The third-order valence-corrected chi connectivity index (χ3v) is 2.59. The Labute approximate surface area is 114 Å². The van der Waals surface area contributed by atoms with Gasteiger partial charge in [-0.2, -0.15) is 0 Å². The Bertz CT molecular complexity index is 402. The number of hydrogen-bond donors (Lipinski definition) is 0. The molecule has 0 aliphatic carbocycles. The fourth-order valence-corrected chi connectivity index (χ4v) is 1.53. The number of esters is 1. The lowest BCUT2D eigenvalue weighted by Gasteiger charge is -2.06. The van der Waals surface area contributed by atoms with Crippen molar-refractivity contribution in [3.8, 4) is 0 Å². The van der Waals surface area contributed by atoms with Gasteiger partial charge in [-0.15, -0.1) is 5.10 Å². The van der Waals surface area contributed by atoms with Crippen LogP contribution < -0.4 is 0 Å². The quantitative estimate of drug-likeness (QED) is 0.532. The van der Waals surface area contributed by atoms with Crippen LogP contribution in [0.25, 0.3) is 0 Å². The van der Waals surface area contributed by atoms with Crippen molar-refractivity contribution in [2.45, 2.75) is 40.7 Å². The van der Waals surface area contributed by atoms with Crippen molar-refractivity contribution in [2.75, 3.05) is 19.8 Å². The van der Waals surface area contributed by atoms with Crippen molar-refractivity contribution >= 4 is 5.97 Å². The molecule has 108 valence electrons. The van der Waals surface area contributed by atoms with E-state index in [2.05, 4.69) is 10.3 Å². The molecular formula is C13H23N3O3. The molecular weight excluding hydrogens is 246 g/mol. The summed E-state index contributed by atoms with van der Waals surface area (Å²) in [5.74, 6) is -0.0900. The molecule has 1 aromatic heterocycles. The van der Waals surface area contributed by atoms with E-state index in [0.717, 1.165) is 12.1 Å². The van der Waals surface area contributed by atoms with E-state index in [-0.39, 0.29) is 0 Å². The predicted molar refractivity (Wildman–Crippen MR) is 71.0 cm³/mol. The van der Waals surface area contributed by atoms with Crippen LogP contribution in [0, 0.1) is 12.8 Å². The van der Waals surface area contributed by atoms with Crippen LogP contribution in [0.15, 0.2) is 0 Å². The van der Waals surface area contributed by atoms with Gasteiger partial charge in [0.25, 0.3) is 0 Å². The average molecular weight is 269 g/mol. The van der Waals surface area contributed by atoms with Crippen LogP contribution in [0.1, 0.15) is 43.4 Å². The van der Waals surface area contributed by atoms with E-state index in [1.54, 1.807) is 4.68 Å². The molecule has 19 heavy (non-hydrogen) atoms. The number of aryl methyl sites for hydroxylation is 1. The summed E-state index contributed by atoms with van der Waals surface area (Å²) in [6.07, 6.45) is 0.846. The molecule has 0 atom stereocenters. The largest absolute Gasteiger partial charge is 0.461 e. The number of rotatable bonds is 8. The number of carbonyl (C=O) groups excluding carboxylic acids is 1. The van der Waals surface area contributed by atoms with Crippen LogP contribution in [0.4, 0.5) is 0 Å². The maximum Gasteiger partial charge on any atom is 0.360 e. The molecule has 0 aliphatic heterocycles. The summed E-state index contributed by atoms with van der Waals surface area (Å²) in [6.45, 7) is 10.3. The van der Waals surface area contributed by atoms with Gasteiger partial charge in [0.2, 0.25) is 0 Å². The van der Waals surface area contributed by atoms with Crippen LogP contribution in [0.5, 0.6) is 0 Å². The Balaban J connectivity index is 2.52. The summed E-state index contributed by atoms with van der Waals surface area (Å²) < 4.78 is 12.1. The summed E-state index contributed by atoms with van der Waals surface area (Å²) in [6, 6.07) is 0. The molecule has 1 aromatic rings. The fourth-order valence-electron chi connectivity index (χ4n) is 1.53. The maximum atomic E-state index is 11.8. The van der Waals surface area contributed by atoms with Crippen LogP contribution in [-0.2, 0) is 16.0 Å². The maximum absolute atomic E-state index is 11.8. The number of nitrogens with zero attached hydrogens (tertiary/aromatic N) is 3. The normalized spacial score (nSPS) is 11.0. The van der Waals surface area contributed by atoms with Crippen LogP contribution >= 0.6 is 0 Å². The topological polar surface area (TPSA) is 66.2 Å². The monoisotopic (exact) mass is 269 g/mol. The highest BCUT2D eigenvalue weighted by molar-refractivity contribution is 5.88. The molecule has 0 N–H and O–H groups in total. The van der Waals surface area contributed by atoms with Crippen molar-refractivity contribution in [1.29, 1.82) is 0 Å². The molecule has 0 radical (unpaired) electrons. The first-order valence-electron chi connectivity index (χ1n) is 6.71. The van der Waals surface area contributed by atoms with Gasteiger partial charge in [0.15, 0.2) is 5.69 Å².